The van der Waals surface area contributed by atoms with Crippen LogP contribution in [0.25, 0.3) is 0 Å². The number of amides is 1. The van der Waals surface area contributed by atoms with Gasteiger partial charge in [-0.1, -0.05) is 35.9 Å². The number of nitrogens with one attached hydrogen (secondary N) is 2. The summed E-state index contributed by atoms with van der Waals surface area (Å²) >= 11 is 1.50. The number of hydrogen-bond donors (Lipinski definition) is 2. The van der Waals surface area contributed by atoms with Gasteiger partial charge >= 0.3 is 0 Å². The van der Waals surface area contributed by atoms with Crippen LogP contribution < -0.4 is 10.0 Å². The summed E-state index contributed by atoms with van der Waals surface area (Å²) in [5, 5.41) is 4.55. The number of thiophene rings is 1. The predicted molar refractivity (Wildman–Crippen MR) is 108 cm³/mol. The van der Waals surface area contributed by atoms with Crippen LogP contribution in [0.4, 0.5) is 5.69 Å². The van der Waals surface area contributed by atoms with Crippen molar-refractivity contribution >= 4 is 33.0 Å². The third-order valence-corrected chi connectivity index (χ3v) is 6.37. The number of anilines is 1. The summed E-state index contributed by atoms with van der Waals surface area (Å²) < 4.78 is 28.6. The number of carbonyl (C=O) groups is 1. The highest BCUT2D eigenvalue weighted by atomic mass is 32.2. The standard InChI is InChI=1S/C20H20N2O3S2/c1-14-5-7-16(8-6-14)20(19-4-3-13-26-19)22-27(24,25)18-11-9-17(10-12-18)21-15(2)23/h3-13,20,22H,1-2H3,(H,21,23)/t20-/m0/s1. The Morgan fingerprint density at radius 1 is 1.00 bits per heavy atom. The van der Waals surface area contributed by atoms with E-state index in [-0.39, 0.29) is 10.8 Å². The van der Waals surface area contributed by atoms with E-state index in [0.29, 0.717) is 5.69 Å². The van der Waals surface area contributed by atoms with Gasteiger partial charge < -0.3 is 5.32 Å². The van der Waals surface area contributed by atoms with E-state index in [1.165, 1.54) is 30.4 Å². The van der Waals surface area contributed by atoms with Gasteiger partial charge in [0.05, 0.1) is 10.9 Å². The smallest absolute Gasteiger partial charge is 0.241 e. The van der Waals surface area contributed by atoms with Crippen molar-refractivity contribution in [3.05, 3.63) is 82.0 Å². The fourth-order valence-electron chi connectivity index (χ4n) is 2.65. The average molecular weight is 401 g/mol. The first-order chi connectivity index (χ1) is 12.8. The molecule has 0 fully saturated rings. The summed E-state index contributed by atoms with van der Waals surface area (Å²) in [6.07, 6.45) is 0. The monoisotopic (exact) mass is 400 g/mol. The maximum atomic E-state index is 12.9. The Hall–Kier alpha value is -2.48. The summed E-state index contributed by atoms with van der Waals surface area (Å²) in [5.74, 6) is -0.208. The van der Waals surface area contributed by atoms with Gasteiger partial charge in [-0.05, 0) is 48.2 Å². The van der Waals surface area contributed by atoms with Crippen molar-refractivity contribution in [2.75, 3.05) is 5.32 Å². The molecule has 0 spiro atoms. The zero-order chi connectivity index (χ0) is 19.4. The number of rotatable bonds is 6. The lowest BCUT2D eigenvalue weighted by molar-refractivity contribution is -0.114. The molecule has 0 aliphatic carbocycles. The lowest BCUT2D eigenvalue weighted by atomic mass is 10.0. The van der Waals surface area contributed by atoms with Gasteiger partial charge in [0.15, 0.2) is 0 Å². The first-order valence-electron chi connectivity index (χ1n) is 8.35. The third kappa shape index (κ3) is 4.82. The number of sulfonamides is 1. The topological polar surface area (TPSA) is 75.3 Å². The molecule has 5 nitrogen and oxygen atoms in total. The van der Waals surface area contributed by atoms with E-state index in [0.717, 1.165) is 16.0 Å². The second-order valence-electron chi connectivity index (χ2n) is 6.19. The van der Waals surface area contributed by atoms with Gasteiger partial charge in [0.2, 0.25) is 15.9 Å². The van der Waals surface area contributed by atoms with Crippen molar-refractivity contribution in [2.45, 2.75) is 24.8 Å². The lowest BCUT2D eigenvalue weighted by Gasteiger charge is -2.18. The summed E-state index contributed by atoms with van der Waals surface area (Å²) in [6, 6.07) is 17.2. The molecule has 0 unspecified atom stereocenters. The molecule has 0 bridgehead atoms. The fourth-order valence-corrected chi connectivity index (χ4v) is 4.73. The number of carbonyl (C=O) groups excluding carboxylic acids is 1. The van der Waals surface area contributed by atoms with Crippen LogP contribution in [-0.2, 0) is 14.8 Å². The summed E-state index contributed by atoms with van der Waals surface area (Å²) in [7, 11) is -3.75. The summed E-state index contributed by atoms with van der Waals surface area (Å²) in [6.45, 7) is 3.39. The molecule has 1 amide bonds. The molecule has 140 valence electrons. The van der Waals surface area contributed by atoms with Crippen LogP contribution in [0.5, 0.6) is 0 Å². The van der Waals surface area contributed by atoms with Crippen LogP contribution in [0.15, 0.2) is 70.9 Å². The SMILES string of the molecule is CC(=O)Nc1ccc(S(=O)(=O)N[C@@H](c2ccc(C)cc2)c2cccs2)cc1. The molecule has 3 aromatic rings. The van der Waals surface area contributed by atoms with E-state index in [2.05, 4.69) is 10.0 Å². The molecule has 0 saturated heterocycles. The van der Waals surface area contributed by atoms with E-state index in [9.17, 15) is 13.2 Å². The number of aryl methyl sites for hydroxylation is 1. The molecule has 7 heteroatoms. The van der Waals surface area contributed by atoms with Crippen molar-refractivity contribution in [3.63, 3.8) is 0 Å². The molecule has 1 atom stereocenters. The van der Waals surface area contributed by atoms with Crippen LogP contribution >= 0.6 is 11.3 Å². The molecule has 2 N–H and O–H groups in total. The molecule has 1 heterocycles. The Morgan fingerprint density at radius 2 is 1.67 bits per heavy atom. The first-order valence-corrected chi connectivity index (χ1v) is 10.7. The van der Waals surface area contributed by atoms with Crippen LogP contribution in [-0.4, -0.2) is 14.3 Å². The van der Waals surface area contributed by atoms with Gasteiger partial charge in [0, 0.05) is 17.5 Å². The number of benzene rings is 2. The Labute approximate surface area is 163 Å². The van der Waals surface area contributed by atoms with Gasteiger partial charge in [-0.3, -0.25) is 4.79 Å². The zero-order valence-corrected chi connectivity index (χ0v) is 16.6. The highest BCUT2D eigenvalue weighted by Gasteiger charge is 2.23. The molecule has 0 saturated carbocycles. The van der Waals surface area contributed by atoms with Gasteiger partial charge in [0.25, 0.3) is 0 Å². The summed E-state index contributed by atoms with van der Waals surface area (Å²) in [5.41, 5.74) is 2.54. The fraction of sp³-hybridized carbons (Fsp3) is 0.150. The van der Waals surface area contributed by atoms with Gasteiger partial charge in [-0.25, -0.2) is 8.42 Å². The first kappa shape index (κ1) is 19.3. The van der Waals surface area contributed by atoms with Crippen molar-refractivity contribution < 1.29 is 13.2 Å². The van der Waals surface area contributed by atoms with E-state index >= 15 is 0 Å². The van der Waals surface area contributed by atoms with E-state index < -0.39 is 16.1 Å². The quantitative estimate of drug-likeness (QED) is 0.655. The third-order valence-electron chi connectivity index (χ3n) is 4.00. The Kier molecular flexibility index (Phi) is 5.74. The minimum absolute atomic E-state index is 0.144. The van der Waals surface area contributed by atoms with E-state index in [1.54, 1.807) is 12.1 Å². The second-order valence-corrected chi connectivity index (χ2v) is 8.88. The molecule has 27 heavy (non-hydrogen) atoms. The van der Waals surface area contributed by atoms with E-state index in [4.69, 9.17) is 0 Å². The van der Waals surface area contributed by atoms with Gasteiger partial charge in [-0.2, -0.15) is 4.72 Å². The van der Waals surface area contributed by atoms with Crippen molar-refractivity contribution in [1.82, 2.24) is 4.72 Å². The maximum Gasteiger partial charge on any atom is 0.241 e. The lowest BCUT2D eigenvalue weighted by Crippen LogP contribution is -2.29. The second kappa shape index (κ2) is 8.04. The predicted octanol–water partition coefficient (Wildman–Crippen LogP) is 4.08. The van der Waals surface area contributed by atoms with Crippen molar-refractivity contribution in [1.29, 1.82) is 0 Å². The van der Waals surface area contributed by atoms with Crippen LogP contribution in [0.1, 0.15) is 29.0 Å². The normalized spacial score (nSPS) is 12.5. The minimum Gasteiger partial charge on any atom is -0.326 e. The average Bonchev–Trinajstić information content (AvgIpc) is 3.15. The molecule has 0 radical (unpaired) electrons. The summed E-state index contributed by atoms with van der Waals surface area (Å²) in [4.78, 5) is 12.2. The van der Waals surface area contributed by atoms with E-state index in [1.807, 2.05) is 48.7 Å². The molecular formula is C20H20N2O3S2. The van der Waals surface area contributed by atoms with Crippen LogP contribution in [0.3, 0.4) is 0 Å². The molecular weight excluding hydrogens is 380 g/mol. The van der Waals surface area contributed by atoms with Crippen LogP contribution in [0.2, 0.25) is 0 Å². The minimum atomic E-state index is -3.75. The van der Waals surface area contributed by atoms with Crippen molar-refractivity contribution in [3.8, 4) is 0 Å². The molecule has 2 aromatic carbocycles. The maximum absolute atomic E-state index is 12.9. The Bertz CT molecular complexity index is 1010. The largest absolute Gasteiger partial charge is 0.326 e. The van der Waals surface area contributed by atoms with Gasteiger partial charge in [0.1, 0.15) is 0 Å². The molecule has 3 rings (SSSR count). The molecule has 0 aliphatic heterocycles. The Balaban J connectivity index is 1.90. The highest BCUT2D eigenvalue weighted by molar-refractivity contribution is 7.89. The number of hydrogen-bond acceptors (Lipinski definition) is 4. The van der Waals surface area contributed by atoms with Crippen LogP contribution in [0, 0.1) is 6.92 Å². The zero-order valence-electron chi connectivity index (χ0n) is 15.0. The van der Waals surface area contributed by atoms with Gasteiger partial charge in [-0.15, -0.1) is 11.3 Å². The molecule has 1 aromatic heterocycles. The van der Waals surface area contributed by atoms with Crippen molar-refractivity contribution in [2.24, 2.45) is 0 Å². The highest BCUT2D eigenvalue weighted by Crippen LogP contribution is 2.28. The Morgan fingerprint density at radius 3 is 2.22 bits per heavy atom. The molecule has 0 aliphatic rings.